The molecular formula is C17H20N2O4S. The summed E-state index contributed by atoms with van der Waals surface area (Å²) in [5, 5.41) is 2.70. The van der Waals surface area contributed by atoms with Gasteiger partial charge in [0, 0.05) is 12.5 Å². The lowest BCUT2D eigenvalue weighted by molar-refractivity contribution is -0.115. The minimum Gasteiger partial charge on any atom is -0.494 e. The maximum absolute atomic E-state index is 12.4. The highest BCUT2D eigenvalue weighted by molar-refractivity contribution is 7.92. The summed E-state index contributed by atoms with van der Waals surface area (Å²) in [6, 6.07) is 11.3. The highest BCUT2D eigenvalue weighted by atomic mass is 32.2. The Morgan fingerprint density at radius 3 is 2.38 bits per heavy atom. The molecule has 2 aromatic carbocycles. The van der Waals surface area contributed by atoms with Gasteiger partial charge in [0.05, 0.1) is 23.4 Å². The molecule has 0 aliphatic rings. The SMILES string of the molecule is CCC(=O)Nc1ccc(NS(=O)(=O)c2ccc(C)cc2)cc1OC. The number of rotatable bonds is 6. The predicted molar refractivity (Wildman–Crippen MR) is 93.9 cm³/mol. The van der Waals surface area contributed by atoms with E-state index in [9.17, 15) is 13.2 Å². The summed E-state index contributed by atoms with van der Waals surface area (Å²) in [4.78, 5) is 11.7. The van der Waals surface area contributed by atoms with Crippen LogP contribution in [-0.2, 0) is 14.8 Å². The van der Waals surface area contributed by atoms with Gasteiger partial charge in [-0.15, -0.1) is 0 Å². The Balaban J connectivity index is 2.26. The summed E-state index contributed by atoms with van der Waals surface area (Å²) < 4.78 is 32.5. The number of amides is 1. The van der Waals surface area contributed by atoms with Gasteiger partial charge in [0.2, 0.25) is 5.91 Å². The summed E-state index contributed by atoms with van der Waals surface area (Å²) >= 11 is 0. The molecule has 0 spiro atoms. The fourth-order valence-corrected chi connectivity index (χ4v) is 3.08. The van der Waals surface area contributed by atoms with E-state index in [0.717, 1.165) is 5.56 Å². The molecule has 7 heteroatoms. The maximum atomic E-state index is 12.4. The second kappa shape index (κ2) is 7.35. The number of carbonyl (C=O) groups excluding carboxylic acids is 1. The van der Waals surface area contributed by atoms with Crippen molar-refractivity contribution in [2.24, 2.45) is 0 Å². The third kappa shape index (κ3) is 4.26. The monoisotopic (exact) mass is 348 g/mol. The molecule has 128 valence electrons. The number of carbonyl (C=O) groups is 1. The number of hydrogen-bond donors (Lipinski definition) is 2. The third-order valence-electron chi connectivity index (χ3n) is 3.38. The van der Waals surface area contributed by atoms with Gasteiger partial charge in [-0.1, -0.05) is 24.6 Å². The van der Waals surface area contributed by atoms with Crippen LogP contribution in [0.25, 0.3) is 0 Å². The second-order valence-corrected chi connectivity index (χ2v) is 6.92. The smallest absolute Gasteiger partial charge is 0.261 e. The number of hydrogen-bond acceptors (Lipinski definition) is 4. The third-order valence-corrected chi connectivity index (χ3v) is 4.78. The van der Waals surface area contributed by atoms with Gasteiger partial charge in [0.15, 0.2) is 0 Å². The molecule has 0 radical (unpaired) electrons. The van der Waals surface area contributed by atoms with E-state index in [1.807, 2.05) is 6.92 Å². The Hall–Kier alpha value is -2.54. The summed E-state index contributed by atoms with van der Waals surface area (Å²) in [7, 11) is -2.23. The average molecular weight is 348 g/mol. The lowest BCUT2D eigenvalue weighted by atomic mass is 10.2. The molecule has 2 rings (SSSR count). The van der Waals surface area contributed by atoms with Gasteiger partial charge in [0.1, 0.15) is 5.75 Å². The van der Waals surface area contributed by atoms with Crippen LogP contribution in [-0.4, -0.2) is 21.4 Å². The molecule has 0 saturated carbocycles. The molecule has 6 nitrogen and oxygen atoms in total. The molecule has 0 aliphatic carbocycles. The Morgan fingerprint density at radius 2 is 1.79 bits per heavy atom. The largest absolute Gasteiger partial charge is 0.494 e. The Kier molecular flexibility index (Phi) is 5.46. The van der Waals surface area contributed by atoms with Gasteiger partial charge in [-0.05, 0) is 31.2 Å². The lowest BCUT2D eigenvalue weighted by Crippen LogP contribution is -2.14. The Bertz CT molecular complexity index is 830. The molecule has 2 aromatic rings. The average Bonchev–Trinajstić information content (AvgIpc) is 2.56. The number of aryl methyl sites for hydroxylation is 1. The second-order valence-electron chi connectivity index (χ2n) is 5.24. The van der Waals surface area contributed by atoms with E-state index in [2.05, 4.69) is 10.0 Å². The van der Waals surface area contributed by atoms with Crippen LogP contribution in [0.2, 0.25) is 0 Å². The molecule has 0 aliphatic heterocycles. The van der Waals surface area contributed by atoms with Gasteiger partial charge in [-0.3, -0.25) is 9.52 Å². The highest BCUT2D eigenvalue weighted by Gasteiger charge is 2.15. The van der Waals surface area contributed by atoms with Gasteiger partial charge in [-0.2, -0.15) is 0 Å². The van der Waals surface area contributed by atoms with E-state index >= 15 is 0 Å². The van der Waals surface area contributed by atoms with Crippen LogP contribution >= 0.6 is 0 Å². The quantitative estimate of drug-likeness (QED) is 0.840. The molecule has 0 saturated heterocycles. The topological polar surface area (TPSA) is 84.5 Å². The van der Waals surface area contributed by atoms with Crippen molar-refractivity contribution in [1.82, 2.24) is 0 Å². The summed E-state index contributed by atoms with van der Waals surface area (Å²) in [5.41, 5.74) is 1.82. The van der Waals surface area contributed by atoms with E-state index in [0.29, 0.717) is 23.5 Å². The van der Waals surface area contributed by atoms with E-state index in [1.54, 1.807) is 43.3 Å². The fourth-order valence-electron chi connectivity index (χ4n) is 2.03. The van der Waals surface area contributed by atoms with E-state index in [-0.39, 0.29) is 10.8 Å². The zero-order valence-corrected chi connectivity index (χ0v) is 14.6. The van der Waals surface area contributed by atoms with Crippen LogP contribution in [0.15, 0.2) is 47.4 Å². The maximum Gasteiger partial charge on any atom is 0.261 e. The molecule has 0 aromatic heterocycles. The first-order valence-corrected chi connectivity index (χ1v) is 8.91. The van der Waals surface area contributed by atoms with Crippen molar-refractivity contribution in [3.05, 3.63) is 48.0 Å². The number of nitrogens with one attached hydrogen (secondary N) is 2. The van der Waals surface area contributed by atoms with Crippen molar-refractivity contribution < 1.29 is 17.9 Å². The van der Waals surface area contributed by atoms with E-state index in [4.69, 9.17) is 4.74 Å². The summed E-state index contributed by atoms with van der Waals surface area (Å²) in [6.07, 6.45) is 0.338. The van der Waals surface area contributed by atoms with Crippen LogP contribution < -0.4 is 14.8 Å². The van der Waals surface area contributed by atoms with Crippen molar-refractivity contribution in [3.63, 3.8) is 0 Å². The van der Waals surface area contributed by atoms with Crippen LogP contribution in [0.1, 0.15) is 18.9 Å². The van der Waals surface area contributed by atoms with Crippen molar-refractivity contribution >= 4 is 27.3 Å². The Morgan fingerprint density at radius 1 is 1.12 bits per heavy atom. The molecule has 24 heavy (non-hydrogen) atoms. The zero-order chi connectivity index (χ0) is 17.7. The van der Waals surface area contributed by atoms with Crippen molar-refractivity contribution in [2.75, 3.05) is 17.1 Å². The molecule has 0 bridgehead atoms. The summed E-state index contributed by atoms with van der Waals surface area (Å²) in [5.74, 6) is 0.224. The molecule has 0 fully saturated rings. The van der Waals surface area contributed by atoms with Gasteiger partial charge >= 0.3 is 0 Å². The molecule has 0 atom stereocenters. The van der Waals surface area contributed by atoms with Gasteiger partial charge in [-0.25, -0.2) is 8.42 Å². The molecule has 0 unspecified atom stereocenters. The number of methoxy groups -OCH3 is 1. The number of benzene rings is 2. The fraction of sp³-hybridized carbons (Fsp3) is 0.235. The number of sulfonamides is 1. The van der Waals surface area contributed by atoms with Crippen molar-refractivity contribution in [2.45, 2.75) is 25.2 Å². The normalized spacial score (nSPS) is 11.0. The van der Waals surface area contributed by atoms with Crippen LogP contribution in [0.3, 0.4) is 0 Å². The number of anilines is 2. The highest BCUT2D eigenvalue weighted by Crippen LogP contribution is 2.29. The van der Waals surface area contributed by atoms with Crippen LogP contribution in [0.4, 0.5) is 11.4 Å². The molecule has 0 heterocycles. The lowest BCUT2D eigenvalue weighted by Gasteiger charge is -2.13. The first-order chi connectivity index (χ1) is 11.4. The first-order valence-electron chi connectivity index (χ1n) is 7.43. The van der Waals surface area contributed by atoms with Gasteiger partial charge in [0.25, 0.3) is 10.0 Å². The minimum atomic E-state index is -3.69. The van der Waals surface area contributed by atoms with Gasteiger partial charge < -0.3 is 10.1 Å². The van der Waals surface area contributed by atoms with E-state index < -0.39 is 10.0 Å². The number of ether oxygens (including phenoxy) is 1. The van der Waals surface area contributed by atoms with Crippen molar-refractivity contribution in [3.8, 4) is 5.75 Å². The van der Waals surface area contributed by atoms with Crippen molar-refractivity contribution in [1.29, 1.82) is 0 Å². The molecule has 2 N–H and O–H groups in total. The molecule has 1 amide bonds. The molecular weight excluding hydrogens is 328 g/mol. The minimum absolute atomic E-state index is 0.152. The van der Waals surface area contributed by atoms with Crippen LogP contribution in [0.5, 0.6) is 5.75 Å². The van der Waals surface area contributed by atoms with E-state index in [1.165, 1.54) is 13.2 Å². The Labute approximate surface area is 141 Å². The predicted octanol–water partition coefficient (Wildman–Crippen LogP) is 3.15. The zero-order valence-electron chi connectivity index (χ0n) is 13.8. The first kappa shape index (κ1) is 17.8. The van der Waals surface area contributed by atoms with Crippen LogP contribution in [0, 0.1) is 6.92 Å². The standard InChI is InChI=1S/C17H20N2O4S/c1-4-17(20)18-15-10-7-13(11-16(15)23-3)19-24(21,22)14-8-5-12(2)6-9-14/h5-11,19H,4H2,1-3H3,(H,18,20). The summed E-state index contributed by atoms with van der Waals surface area (Å²) in [6.45, 7) is 3.63.